The summed E-state index contributed by atoms with van der Waals surface area (Å²) in [5, 5.41) is 11.8. The third kappa shape index (κ3) is 4.55. The van der Waals surface area contributed by atoms with E-state index in [9.17, 15) is 27.1 Å². The van der Waals surface area contributed by atoms with Gasteiger partial charge in [-0.1, -0.05) is 0 Å². The Hall–Kier alpha value is -2.78. The zero-order valence-electron chi connectivity index (χ0n) is 14.5. The second kappa shape index (κ2) is 7.69. The molecular weight excluding hydrogens is 387 g/mol. The van der Waals surface area contributed by atoms with Gasteiger partial charge in [0.25, 0.3) is 5.88 Å². The summed E-state index contributed by atoms with van der Waals surface area (Å²) in [5.74, 6) is -0.593. The van der Waals surface area contributed by atoms with E-state index in [0.717, 1.165) is 12.1 Å². The molecule has 0 atom stereocenters. The average molecular weight is 403 g/mol. The molecule has 5 nitrogen and oxygen atoms in total. The van der Waals surface area contributed by atoms with Crippen LogP contribution in [0.4, 0.5) is 27.6 Å². The summed E-state index contributed by atoms with van der Waals surface area (Å²) in [4.78, 5) is 5.63. The SMILES string of the molecule is [O]c1ncccc1N1CCC(Oc2ccc(OC(F)(F)C(F)(F)F)cc2)CC1. The van der Waals surface area contributed by atoms with Gasteiger partial charge in [-0.25, -0.2) is 4.98 Å². The normalized spacial score (nSPS) is 16.1. The molecule has 0 amide bonds. The molecule has 2 heterocycles. The van der Waals surface area contributed by atoms with Crippen molar-refractivity contribution in [1.82, 2.24) is 4.98 Å². The lowest BCUT2D eigenvalue weighted by Gasteiger charge is -2.33. The molecule has 0 bridgehead atoms. The monoisotopic (exact) mass is 403 g/mol. The summed E-state index contributed by atoms with van der Waals surface area (Å²) in [6.07, 6.45) is -8.59. The number of halogens is 5. The molecule has 0 spiro atoms. The molecule has 1 aliphatic rings. The van der Waals surface area contributed by atoms with Crippen molar-refractivity contribution in [2.75, 3.05) is 18.0 Å². The van der Waals surface area contributed by atoms with Gasteiger partial charge < -0.3 is 14.4 Å². The van der Waals surface area contributed by atoms with Crippen molar-refractivity contribution in [3.8, 4) is 17.4 Å². The van der Waals surface area contributed by atoms with Crippen molar-refractivity contribution >= 4 is 5.69 Å². The molecule has 0 saturated carbocycles. The molecule has 2 aromatic rings. The van der Waals surface area contributed by atoms with Crippen LogP contribution in [0, 0.1) is 0 Å². The topological polar surface area (TPSA) is 54.5 Å². The number of pyridine rings is 1. The van der Waals surface area contributed by atoms with E-state index in [-0.39, 0.29) is 12.0 Å². The van der Waals surface area contributed by atoms with Crippen LogP contribution in [-0.2, 0) is 5.11 Å². The average Bonchev–Trinajstić information content (AvgIpc) is 2.63. The molecule has 0 N–H and O–H groups in total. The summed E-state index contributed by atoms with van der Waals surface area (Å²) >= 11 is 0. The second-order valence-electron chi connectivity index (χ2n) is 6.22. The number of rotatable bonds is 5. The molecule has 1 fully saturated rings. The highest BCUT2D eigenvalue weighted by Crippen LogP contribution is 2.37. The quantitative estimate of drug-likeness (QED) is 0.673. The Balaban J connectivity index is 1.54. The van der Waals surface area contributed by atoms with E-state index in [0.29, 0.717) is 37.4 Å². The van der Waals surface area contributed by atoms with Crippen LogP contribution in [0.15, 0.2) is 42.6 Å². The summed E-state index contributed by atoms with van der Waals surface area (Å²) in [6, 6.07) is 7.90. The Kier molecular flexibility index (Phi) is 5.48. The van der Waals surface area contributed by atoms with Crippen LogP contribution in [-0.4, -0.2) is 36.5 Å². The Bertz CT molecular complexity index is 791. The minimum Gasteiger partial charge on any atom is -0.490 e. The van der Waals surface area contributed by atoms with Gasteiger partial charge in [0.15, 0.2) is 0 Å². The smallest absolute Gasteiger partial charge is 0.490 e. The van der Waals surface area contributed by atoms with Crippen LogP contribution >= 0.6 is 0 Å². The Morgan fingerprint density at radius 2 is 1.57 bits per heavy atom. The maximum atomic E-state index is 12.9. The molecule has 10 heteroatoms. The number of anilines is 1. The largest absolute Gasteiger partial charge is 0.499 e. The number of alkyl halides is 5. The van der Waals surface area contributed by atoms with E-state index in [2.05, 4.69) is 9.72 Å². The van der Waals surface area contributed by atoms with Gasteiger partial charge in [-0.05, 0) is 36.4 Å². The second-order valence-corrected chi connectivity index (χ2v) is 6.22. The molecule has 1 radical (unpaired) electrons. The zero-order valence-corrected chi connectivity index (χ0v) is 14.5. The van der Waals surface area contributed by atoms with Crippen molar-refractivity contribution in [2.45, 2.75) is 31.2 Å². The third-order valence-corrected chi connectivity index (χ3v) is 4.24. The molecule has 3 rings (SSSR count). The van der Waals surface area contributed by atoms with Gasteiger partial charge in [0, 0.05) is 32.1 Å². The molecule has 1 aliphatic heterocycles. The van der Waals surface area contributed by atoms with Crippen LogP contribution in [0.1, 0.15) is 12.8 Å². The van der Waals surface area contributed by atoms with E-state index in [4.69, 9.17) is 4.74 Å². The highest BCUT2D eigenvalue weighted by Gasteiger charge is 2.61. The van der Waals surface area contributed by atoms with Gasteiger partial charge in [-0.3, -0.25) is 5.11 Å². The molecule has 0 aliphatic carbocycles. The number of hydrogen-bond donors (Lipinski definition) is 0. The van der Waals surface area contributed by atoms with Crippen molar-refractivity contribution in [3.05, 3.63) is 42.6 Å². The van der Waals surface area contributed by atoms with Crippen LogP contribution in [0.25, 0.3) is 0 Å². The number of piperidine rings is 1. The van der Waals surface area contributed by atoms with Crippen molar-refractivity contribution in [1.29, 1.82) is 0 Å². The maximum Gasteiger partial charge on any atom is 0.499 e. The Morgan fingerprint density at radius 1 is 0.964 bits per heavy atom. The fourth-order valence-electron chi connectivity index (χ4n) is 2.82. The van der Waals surface area contributed by atoms with Gasteiger partial charge in [0.05, 0.1) is 0 Å². The molecule has 1 aromatic heterocycles. The van der Waals surface area contributed by atoms with Gasteiger partial charge in [-0.15, -0.1) is 0 Å². The van der Waals surface area contributed by atoms with Crippen LogP contribution in [0.2, 0.25) is 0 Å². The number of hydrogen-bond acceptors (Lipinski definition) is 4. The minimum atomic E-state index is -5.80. The summed E-state index contributed by atoms with van der Waals surface area (Å²) in [5.41, 5.74) is 0.521. The molecular formula is C18H16F5N2O3. The predicted octanol–water partition coefficient (Wildman–Crippen LogP) is 4.81. The standard InChI is InChI=1S/C18H16F5N2O3/c19-17(20,21)18(22,23)28-14-5-3-12(4-6-14)27-13-7-10-25(11-8-13)15-2-1-9-24-16(15)26/h1-6,9,13H,7-8,10-11H2. The predicted molar refractivity (Wildman–Crippen MR) is 88.3 cm³/mol. The van der Waals surface area contributed by atoms with Gasteiger partial charge in [-0.2, -0.15) is 22.0 Å². The minimum absolute atomic E-state index is 0.175. The van der Waals surface area contributed by atoms with Gasteiger partial charge >= 0.3 is 12.3 Å². The first-order chi connectivity index (χ1) is 13.2. The third-order valence-electron chi connectivity index (χ3n) is 4.24. The lowest BCUT2D eigenvalue weighted by atomic mass is 10.1. The van der Waals surface area contributed by atoms with Crippen LogP contribution in [0.3, 0.4) is 0 Å². The maximum absolute atomic E-state index is 12.9. The Labute approximate surface area is 157 Å². The van der Waals surface area contributed by atoms with Crippen molar-refractivity contribution in [3.63, 3.8) is 0 Å². The number of nitrogens with zero attached hydrogens (tertiary/aromatic N) is 2. The van der Waals surface area contributed by atoms with Crippen LogP contribution < -0.4 is 14.4 Å². The summed E-state index contributed by atoms with van der Waals surface area (Å²) in [6.45, 7) is 1.15. The molecule has 0 unspecified atom stereocenters. The van der Waals surface area contributed by atoms with Crippen LogP contribution in [0.5, 0.6) is 17.4 Å². The first-order valence-corrected chi connectivity index (χ1v) is 8.43. The fraction of sp³-hybridized carbons (Fsp3) is 0.389. The van der Waals surface area contributed by atoms with Crippen molar-refractivity contribution < 1.29 is 36.5 Å². The summed E-state index contributed by atoms with van der Waals surface area (Å²) < 4.78 is 71.7. The highest BCUT2D eigenvalue weighted by molar-refractivity contribution is 5.54. The fourth-order valence-corrected chi connectivity index (χ4v) is 2.82. The van der Waals surface area contributed by atoms with E-state index in [1.54, 1.807) is 12.1 Å². The van der Waals surface area contributed by atoms with E-state index >= 15 is 0 Å². The molecule has 1 aromatic carbocycles. The molecule has 151 valence electrons. The van der Waals surface area contributed by atoms with Gasteiger partial charge in [0.2, 0.25) is 0 Å². The first-order valence-electron chi connectivity index (χ1n) is 8.43. The number of aromatic nitrogens is 1. The zero-order chi connectivity index (χ0) is 20.4. The highest BCUT2D eigenvalue weighted by atomic mass is 19.4. The number of ether oxygens (including phenoxy) is 2. The van der Waals surface area contributed by atoms with E-state index < -0.39 is 18.0 Å². The lowest BCUT2D eigenvalue weighted by molar-refractivity contribution is -0.360. The first kappa shape index (κ1) is 20.0. The van der Waals surface area contributed by atoms with E-state index in [1.807, 2.05) is 4.90 Å². The Morgan fingerprint density at radius 3 is 2.14 bits per heavy atom. The summed E-state index contributed by atoms with van der Waals surface area (Å²) in [7, 11) is 0. The number of benzene rings is 1. The lowest BCUT2D eigenvalue weighted by Crippen LogP contribution is -2.41. The van der Waals surface area contributed by atoms with Crippen molar-refractivity contribution in [2.24, 2.45) is 0 Å². The van der Waals surface area contributed by atoms with E-state index in [1.165, 1.54) is 18.3 Å². The molecule has 28 heavy (non-hydrogen) atoms. The van der Waals surface area contributed by atoms with Gasteiger partial charge in [0.1, 0.15) is 23.3 Å². The molecule has 1 saturated heterocycles.